The zero-order chi connectivity index (χ0) is 10.8. The standard InChI is InChI=1S/C11H15N3O/c1-3-14(4-2)9-7-5-6-8-10(9)13-11(15)12-8/h5-7,10H,3-4H2,1-2H3,(H,13,15). The van der Waals surface area contributed by atoms with Gasteiger partial charge in [0.2, 0.25) is 0 Å². The maximum absolute atomic E-state index is 11.2. The largest absolute Gasteiger partial charge is 0.373 e. The highest BCUT2D eigenvalue weighted by molar-refractivity contribution is 6.13. The Morgan fingerprint density at radius 2 is 2.20 bits per heavy atom. The van der Waals surface area contributed by atoms with Crippen LogP contribution in [-0.2, 0) is 0 Å². The number of nitrogens with zero attached hydrogens (tertiary/aromatic N) is 2. The third-order valence-electron chi connectivity index (χ3n) is 2.75. The molecule has 1 atom stereocenters. The number of amides is 2. The van der Waals surface area contributed by atoms with Gasteiger partial charge in [-0.2, -0.15) is 4.99 Å². The summed E-state index contributed by atoms with van der Waals surface area (Å²) in [7, 11) is 0. The Morgan fingerprint density at radius 3 is 2.87 bits per heavy atom. The first kappa shape index (κ1) is 9.96. The zero-order valence-electron chi connectivity index (χ0n) is 9.03. The van der Waals surface area contributed by atoms with E-state index >= 15 is 0 Å². The van der Waals surface area contributed by atoms with Crippen LogP contribution in [0.25, 0.3) is 0 Å². The van der Waals surface area contributed by atoms with Crippen LogP contribution in [0.4, 0.5) is 4.79 Å². The van der Waals surface area contributed by atoms with Crippen LogP contribution in [0.1, 0.15) is 13.8 Å². The fourth-order valence-corrected chi connectivity index (χ4v) is 1.99. The monoisotopic (exact) mass is 205 g/mol. The Bertz CT molecular complexity index is 364. The van der Waals surface area contributed by atoms with Gasteiger partial charge in [0.05, 0.1) is 5.71 Å². The molecule has 0 aromatic heterocycles. The van der Waals surface area contributed by atoms with E-state index in [0.717, 1.165) is 24.5 Å². The number of aliphatic imine (C=N–C) groups is 1. The fraction of sp³-hybridized carbons (Fsp3) is 0.455. The van der Waals surface area contributed by atoms with Gasteiger partial charge >= 0.3 is 6.03 Å². The van der Waals surface area contributed by atoms with E-state index in [9.17, 15) is 4.79 Å². The number of fused-ring (bicyclic) bond motifs is 1. The summed E-state index contributed by atoms with van der Waals surface area (Å²) in [6.07, 6.45) is 5.88. The van der Waals surface area contributed by atoms with Gasteiger partial charge in [-0.3, -0.25) is 0 Å². The van der Waals surface area contributed by atoms with Gasteiger partial charge in [0.15, 0.2) is 0 Å². The van der Waals surface area contributed by atoms with Gasteiger partial charge in [-0.1, -0.05) is 6.08 Å². The van der Waals surface area contributed by atoms with Crippen molar-refractivity contribution in [1.29, 1.82) is 0 Å². The van der Waals surface area contributed by atoms with Crippen LogP contribution in [0.2, 0.25) is 0 Å². The molecule has 2 rings (SSSR count). The van der Waals surface area contributed by atoms with Crippen molar-refractivity contribution in [2.45, 2.75) is 19.9 Å². The van der Waals surface area contributed by atoms with Gasteiger partial charge in [-0.15, -0.1) is 0 Å². The molecule has 4 nitrogen and oxygen atoms in total. The second-order valence-electron chi connectivity index (χ2n) is 3.54. The average molecular weight is 205 g/mol. The van der Waals surface area contributed by atoms with Crippen LogP contribution in [0.3, 0.4) is 0 Å². The maximum Gasteiger partial charge on any atom is 0.342 e. The Balaban J connectivity index is 2.27. The lowest BCUT2D eigenvalue weighted by Crippen LogP contribution is -2.41. The summed E-state index contributed by atoms with van der Waals surface area (Å²) >= 11 is 0. The summed E-state index contributed by atoms with van der Waals surface area (Å²) in [5.41, 5.74) is 1.96. The summed E-state index contributed by atoms with van der Waals surface area (Å²) in [6.45, 7) is 6.10. The van der Waals surface area contributed by atoms with E-state index < -0.39 is 0 Å². The molecule has 0 aromatic rings. The summed E-state index contributed by atoms with van der Waals surface area (Å²) < 4.78 is 0. The molecular formula is C11H15N3O. The molecule has 1 unspecified atom stereocenters. The fourth-order valence-electron chi connectivity index (χ4n) is 1.99. The Kier molecular flexibility index (Phi) is 2.58. The van der Waals surface area contributed by atoms with Crippen molar-refractivity contribution in [2.75, 3.05) is 13.1 Å². The topological polar surface area (TPSA) is 44.7 Å². The normalized spacial score (nSPS) is 23.1. The van der Waals surface area contributed by atoms with E-state index in [2.05, 4.69) is 29.1 Å². The molecule has 0 bridgehead atoms. The zero-order valence-corrected chi connectivity index (χ0v) is 9.03. The highest BCUT2D eigenvalue weighted by atomic mass is 16.2. The average Bonchev–Trinajstić information content (AvgIpc) is 2.61. The maximum atomic E-state index is 11.2. The summed E-state index contributed by atoms with van der Waals surface area (Å²) in [5.74, 6) is 0. The van der Waals surface area contributed by atoms with Crippen LogP contribution >= 0.6 is 0 Å². The van der Waals surface area contributed by atoms with E-state index in [4.69, 9.17) is 0 Å². The van der Waals surface area contributed by atoms with Crippen molar-refractivity contribution < 1.29 is 4.79 Å². The lowest BCUT2D eigenvalue weighted by atomic mass is 10.0. The van der Waals surface area contributed by atoms with Crippen LogP contribution in [-0.4, -0.2) is 35.8 Å². The number of nitrogens with one attached hydrogen (secondary N) is 1. The molecular weight excluding hydrogens is 190 g/mol. The van der Waals surface area contributed by atoms with Crippen LogP contribution in [0.5, 0.6) is 0 Å². The lowest BCUT2D eigenvalue weighted by molar-refractivity contribution is 0.249. The minimum absolute atomic E-state index is 0.0394. The molecule has 4 heteroatoms. The van der Waals surface area contributed by atoms with Gasteiger partial charge in [-0.05, 0) is 26.0 Å². The first-order chi connectivity index (χ1) is 7.26. The van der Waals surface area contributed by atoms with Crippen molar-refractivity contribution in [3.05, 3.63) is 23.9 Å². The Hall–Kier alpha value is -1.58. The molecule has 1 aliphatic heterocycles. The van der Waals surface area contributed by atoms with Crippen molar-refractivity contribution in [2.24, 2.45) is 4.99 Å². The SMILES string of the molecule is CCN(CC)C1=CC=CC2=NC(=O)NC12. The summed E-state index contributed by atoms with van der Waals surface area (Å²) in [6, 6.07) is -0.276. The highest BCUT2D eigenvalue weighted by Gasteiger charge is 2.30. The van der Waals surface area contributed by atoms with Gasteiger partial charge in [0, 0.05) is 18.8 Å². The number of hydrogen-bond acceptors (Lipinski definition) is 2. The molecule has 0 radical (unpaired) electrons. The predicted molar refractivity (Wildman–Crippen MR) is 59.9 cm³/mol. The van der Waals surface area contributed by atoms with Crippen LogP contribution < -0.4 is 5.32 Å². The molecule has 80 valence electrons. The Morgan fingerprint density at radius 1 is 1.47 bits per heavy atom. The number of urea groups is 1. The van der Waals surface area contributed by atoms with Crippen LogP contribution in [0.15, 0.2) is 28.9 Å². The molecule has 0 aromatic carbocycles. The quantitative estimate of drug-likeness (QED) is 0.755. The molecule has 2 aliphatic rings. The first-order valence-electron chi connectivity index (χ1n) is 5.28. The number of likely N-dealkylation sites (N-methyl/N-ethyl adjacent to an activating group) is 1. The van der Waals surface area contributed by atoms with E-state index in [1.807, 2.05) is 18.2 Å². The van der Waals surface area contributed by atoms with Gasteiger partial charge in [0.25, 0.3) is 0 Å². The lowest BCUT2D eigenvalue weighted by Gasteiger charge is -2.30. The Labute approximate surface area is 89.4 Å². The molecule has 2 amide bonds. The van der Waals surface area contributed by atoms with E-state index in [-0.39, 0.29) is 12.1 Å². The van der Waals surface area contributed by atoms with Crippen LogP contribution in [0, 0.1) is 0 Å². The number of carbonyl (C=O) groups is 1. The van der Waals surface area contributed by atoms with E-state index in [1.54, 1.807) is 0 Å². The number of allylic oxidation sites excluding steroid dienone is 2. The van der Waals surface area contributed by atoms with Gasteiger partial charge < -0.3 is 10.2 Å². The molecule has 1 N–H and O–H groups in total. The van der Waals surface area contributed by atoms with E-state index in [0.29, 0.717) is 0 Å². The van der Waals surface area contributed by atoms with E-state index in [1.165, 1.54) is 0 Å². The molecule has 0 fully saturated rings. The molecule has 0 spiro atoms. The molecule has 0 saturated heterocycles. The second kappa shape index (κ2) is 3.88. The number of carbonyl (C=O) groups excluding carboxylic acids is 1. The van der Waals surface area contributed by atoms with Crippen molar-refractivity contribution in [1.82, 2.24) is 10.2 Å². The summed E-state index contributed by atoms with van der Waals surface area (Å²) in [4.78, 5) is 17.3. The predicted octanol–water partition coefficient (Wildman–Crippen LogP) is 1.31. The van der Waals surface area contributed by atoms with Crippen molar-refractivity contribution >= 4 is 11.7 Å². The smallest absolute Gasteiger partial charge is 0.342 e. The summed E-state index contributed by atoms with van der Waals surface area (Å²) in [5, 5.41) is 2.85. The van der Waals surface area contributed by atoms with Crippen molar-refractivity contribution in [3.8, 4) is 0 Å². The second-order valence-corrected chi connectivity index (χ2v) is 3.54. The minimum atomic E-state index is -0.236. The third kappa shape index (κ3) is 1.67. The highest BCUT2D eigenvalue weighted by Crippen LogP contribution is 2.19. The molecule has 1 aliphatic carbocycles. The number of hydrogen-bond donors (Lipinski definition) is 1. The first-order valence-corrected chi connectivity index (χ1v) is 5.28. The van der Waals surface area contributed by atoms with Gasteiger partial charge in [0.1, 0.15) is 6.04 Å². The van der Waals surface area contributed by atoms with Crippen molar-refractivity contribution in [3.63, 3.8) is 0 Å². The molecule has 0 saturated carbocycles. The number of rotatable bonds is 3. The molecule has 15 heavy (non-hydrogen) atoms. The molecule has 1 heterocycles. The minimum Gasteiger partial charge on any atom is -0.373 e. The third-order valence-corrected chi connectivity index (χ3v) is 2.75. The van der Waals surface area contributed by atoms with Gasteiger partial charge in [-0.25, -0.2) is 4.79 Å².